The SMILES string of the molecule is CCOC(=O)c1ccc(NC(=O)C2(C(=O)Nc3ccccc3C(C)C)CC2)cc1. The second-order valence-electron chi connectivity index (χ2n) is 7.53. The number of nitrogens with one attached hydrogen (secondary N) is 2. The molecular formula is C23H26N2O4. The van der Waals surface area contributed by atoms with Gasteiger partial charge in [-0.15, -0.1) is 0 Å². The van der Waals surface area contributed by atoms with E-state index in [0.29, 0.717) is 30.7 Å². The van der Waals surface area contributed by atoms with Crippen LogP contribution in [0.15, 0.2) is 48.5 Å². The number of amides is 2. The van der Waals surface area contributed by atoms with Gasteiger partial charge in [0.05, 0.1) is 12.2 Å². The van der Waals surface area contributed by atoms with Crippen molar-refractivity contribution in [2.45, 2.75) is 39.5 Å². The number of esters is 1. The lowest BCUT2D eigenvalue weighted by Gasteiger charge is -2.18. The van der Waals surface area contributed by atoms with Gasteiger partial charge in [-0.1, -0.05) is 32.0 Å². The average molecular weight is 394 g/mol. The summed E-state index contributed by atoms with van der Waals surface area (Å²) in [6, 6.07) is 14.1. The second-order valence-corrected chi connectivity index (χ2v) is 7.53. The molecule has 0 saturated heterocycles. The smallest absolute Gasteiger partial charge is 0.338 e. The van der Waals surface area contributed by atoms with Crippen LogP contribution in [0.1, 0.15) is 55.5 Å². The molecule has 0 spiro atoms. The monoisotopic (exact) mass is 394 g/mol. The summed E-state index contributed by atoms with van der Waals surface area (Å²) in [5.74, 6) is -0.771. The molecule has 2 amide bonds. The molecule has 0 bridgehead atoms. The zero-order valence-electron chi connectivity index (χ0n) is 17.0. The summed E-state index contributed by atoms with van der Waals surface area (Å²) in [4.78, 5) is 37.4. The molecule has 2 aromatic carbocycles. The van der Waals surface area contributed by atoms with Crippen LogP contribution in [0.5, 0.6) is 0 Å². The van der Waals surface area contributed by atoms with Crippen LogP contribution in [0.25, 0.3) is 0 Å². The van der Waals surface area contributed by atoms with Gasteiger partial charge < -0.3 is 15.4 Å². The van der Waals surface area contributed by atoms with Crippen molar-refractivity contribution < 1.29 is 19.1 Å². The summed E-state index contributed by atoms with van der Waals surface area (Å²) in [5.41, 5.74) is 1.67. The highest BCUT2D eigenvalue weighted by molar-refractivity contribution is 6.17. The van der Waals surface area contributed by atoms with Gasteiger partial charge in [0.2, 0.25) is 11.8 Å². The van der Waals surface area contributed by atoms with Crippen LogP contribution < -0.4 is 10.6 Å². The van der Waals surface area contributed by atoms with Gasteiger partial charge in [-0.05, 0) is 61.6 Å². The summed E-state index contributed by atoms with van der Waals surface area (Å²) in [5, 5.41) is 5.73. The first-order valence-electron chi connectivity index (χ1n) is 9.86. The molecular weight excluding hydrogens is 368 g/mol. The Balaban J connectivity index is 1.68. The first kappa shape index (κ1) is 20.6. The predicted octanol–water partition coefficient (Wildman–Crippen LogP) is 4.34. The van der Waals surface area contributed by atoms with Crippen molar-refractivity contribution in [3.8, 4) is 0 Å². The number of hydrogen-bond donors (Lipinski definition) is 2. The second kappa shape index (κ2) is 8.47. The van der Waals surface area contributed by atoms with Crippen molar-refractivity contribution in [2.75, 3.05) is 17.2 Å². The quantitative estimate of drug-likeness (QED) is 0.540. The maximum atomic E-state index is 12.9. The molecule has 2 aromatic rings. The largest absolute Gasteiger partial charge is 0.462 e. The zero-order chi connectivity index (χ0) is 21.0. The predicted molar refractivity (Wildman–Crippen MR) is 112 cm³/mol. The maximum absolute atomic E-state index is 12.9. The molecule has 0 atom stereocenters. The molecule has 1 aliphatic carbocycles. The van der Waals surface area contributed by atoms with Crippen molar-refractivity contribution in [3.05, 3.63) is 59.7 Å². The highest BCUT2D eigenvalue weighted by Crippen LogP contribution is 2.47. The molecule has 0 heterocycles. The molecule has 0 aliphatic heterocycles. The van der Waals surface area contributed by atoms with Crippen molar-refractivity contribution >= 4 is 29.2 Å². The third kappa shape index (κ3) is 4.47. The minimum atomic E-state index is -1.05. The molecule has 1 aliphatic rings. The van der Waals surface area contributed by atoms with Gasteiger partial charge in [0.1, 0.15) is 5.41 Å². The molecule has 1 fully saturated rings. The lowest BCUT2D eigenvalue weighted by Crippen LogP contribution is -2.35. The van der Waals surface area contributed by atoms with Gasteiger partial charge in [0.15, 0.2) is 0 Å². The summed E-state index contributed by atoms with van der Waals surface area (Å²) < 4.78 is 4.95. The van der Waals surface area contributed by atoms with E-state index in [9.17, 15) is 14.4 Å². The highest BCUT2D eigenvalue weighted by Gasteiger charge is 2.56. The highest BCUT2D eigenvalue weighted by atomic mass is 16.5. The Morgan fingerprint density at radius 1 is 0.966 bits per heavy atom. The van der Waals surface area contributed by atoms with E-state index in [1.54, 1.807) is 31.2 Å². The minimum Gasteiger partial charge on any atom is -0.462 e. The summed E-state index contributed by atoms with van der Waals surface area (Å²) >= 11 is 0. The van der Waals surface area contributed by atoms with Crippen LogP contribution in [-0.4, -0.2) is 24.4 Å². The molecule has 152 valence electrons. The first-order chi connectivity index (χ1) is 13.9. The standard InChI is InChI=1S/C23H26N2O4/c1-4-29-20(26)16-9-11-17(12-10-16)24-21(27)23(13-14-23)22(28)25-19-8-6-5-7-18(19)15(2)3/h5-12,15H,4,13-14H2,1-3H3,(H,24,27)(H,25,28). The Labute approximate surface area is 170 Å². The lowest BCUT2D eigenvalue weighted by molar-refractivity contribution is -0.131. The number of hydrogen-bond acceptors (Lipinski definition) is 4. The molecule has 0 aromatic heterocycles. The summed E-state index contributed by atoms with van der Waals surface area (Å²) in [6.45, 7) is 6.16. The van der Waals surface area contributed by atoms with Gasteiger partial charge in [0.25, 0.3) is 0 Å². The van der Waals surface area contributed by atoms with Crippen LogP contribution >= 0.6 is 0 Å². The number of para-hydroxylation sites is 1. The number of benzene rings is 2. The van der Waals surface area contributed by atoms with Crippen molar-refractivity contribution in [1.29, 1.82) is 0 Å². The van der Waals surface area contributed by atoms with Crippen LogP contribution in [-0.2, 0) is 14.3 Å². The van der Waals surface area contributed by atoms with Crippen LogP contribution in [0.3, 0.4) is 0 Å². The fraction of sp³-hybridized carbons (Fsp3) is 0.348. The average Bonchev–Trinajstić information content (AvgIpc) is 3.51. The van der Waals surface area contributed by atoms with E-state index in [2.05, 4.69) is 24.5 Å². The molecule has 3 rings (SSSR count). The lowest BCUT2D eigenvalue weighted by atomic mass is 9.99. The molecule has 6 heteroatoms. The van der Waals surface area contributed by atoms with Crippen molar-refractivity contribution in [2.24, 2.45) is 5.41 Å². The van der Waals surface area contributed by atoms with Crippen molar-refractivity contribution in [3.63, 3.8) is 0 Å². The number of rotatable bonds is 7. The Morgan fingerprint density at radius 2 is 1.59 bits per heavy atom. The number of ether oxygens (including phenoxy) is 1. The maximum Gasteiger partial charge on any atom is 0.338 e. The van der Waals surface area contributed by atoms with Crippen molar-refractivity contribution in [1.82, 2.24) is 0 Å². The van der Waals surface area contributed by atoms with E-state index in [0.717, 1.165) is 11.3 Å². The Hall–Kier alpha value is -3.15. The van der Waals surface area contributed by atoms with Gasteiger partial charge in [-0.2, -0.15) is 0 Å². The zero-order valence-corrected chi connectivity index (χ0v) is 17.0. The van der Waals surface area contributed by atoms with Crippen LogP contribution in [0, 0.1) is 5.41 Å². The minimum absolute atomic E-state index is 0.258. The van der Waals surface area contributed by atoms with E-state index >= 15 is 0 Å². The van der Waals surface area contributed by atoms with Gasteiger partial charge in [-0.3, -0.25) is 9.59 Å². The van der Waals surface area contributed by atoms with Crippen LogP contribution in [0.2, 0.25) is 0 Å². The molecule has 0 unspecified atom stereocenters. The Kier molecular flexibility index (Phi) is 6.01. The van der Waals surface area contributed by atoms with E-state index < -0.39 is 11.4 Å². The molecule has 29 heavy (non-hydrogen) atoms. The molecule has 1 saturated carbocycles. The van der Waals surface area contributed by atoms with Gasteiger partial charge in [0, 0.05) is 11.4 Å². The normalized spacial score (nSPS) is 14.2. The van der Waals surface area contributed by atoms with Crippen LogP contribution in [0.4, 0.5) is 11.4 Å². The Morgan fingerprint density at radius 3 is 2.17 bits per heavy atom. The van der Waals surface area contributed by atoms with E-state index in [4.69, 9.17) is 4.74 Å². The fourth-order valence-corrected chi connectivity index (χ4v) is 3.19. The summed E-state index contributed by atoms with van der Waals surface area (Å²) in [6.07, 6.45) is 1.02. The van der Waals surface area contributed by atoms with Gasteiger partial charge >= 0.3 is 5.97 Å². The molecule has 0 radical (unpaired) electrons. The third-order valence-corrected chi connectivity index (χ3v) is 5.10. The molecule has 2 N–H and O–H groups in total. The number of carbonyl (C=O) groups excluding carboxylic acids is 3. The first-order valence-corrected chi connectivity index (χ1v) is 9.86. The van der Waals surface area contributed by atoms with Gasteiger partial charge in [-0.25, -0.2) is 4.79 Å². The summed E-state index contributed by atoms with van der Waals surface area (Å²) in [7, 11) is 0. The fourth-order valence-electron chi connectivity index (χ4n) is 3.19. The topological polar surface area (TPSA) is 84.5 Å². The third-order valence-electron chi connectivity index (χ3n) is 5.10. The van der Waals surface area contributed by atoms with E-state index in [-0.39, 0.29) is 17.7 Å². The molecule has 6 nitrogen and oxygen atoms in total. The number of carbonyl (C=O) groups is 3. The Bertz CT molecular complexity index is 915. The van der Waals surface area contributed by atoms with E-state index in [1.165, 1.54) is 0 Å². The van der Waals surface area contributed by atoms with E-state index in [1.807, 2.05) is 24.3 Å². The number of anilines is 2.